The lowest BCUT2D eigenvalue weighted by Crippen LogP contribution is -2.38. The summed E-state index contributed by atoms with van der Waals surface area (Å²) in [6.07, 6.45) is 2.65. The van der Waals surface area contributed by atoms with Crippen LogP contribution in [0.15, 0.2) is 24.3 Å². The largest absolute Gasteiger partial charge is 0.384 e. The fraction of sp³-hybridized carbons (Fsp3) is 0.625. The number of anilines is 2. The van der Waals surface area contributed by atoms with Crippen molar-refractivity contribution in [1.82, 2.24) is 5.32 Å². The third-order valence-corrected chi connectivity index (χ3v) is 3.43. The minimum absolute atomic E-state index is 0.194. The summed E-state index contributed by atoms with van der Waals surface area (Å²) < 4.78 is 0. The van der Waals surface area contributed by atoms with Gasteiger partial charge in [0.2, 0.25) is 0 Å². The van der Waals surface area contributed by atoms with Gasteiger partial charge in [0.15, 0.2) is 0 Å². The van der Waals surface area contributed by atoms with Crippen molar-refractivity contribution in [2.24, 2.45) is 0 Å². The molecule has 1 aliphatic rings. The van der Waals surface area contributed by atoms with Crippen LogP contribution in [0.25, 0.3) is 0 Å². The molecule has 2 N–H and O–H groups in total. The van der Waals surface area contributed by atoms with Crippen LogP contribution in [-0.4, -0.2) is 31.7 Å². The maximum atomic E-state index is 3.49. The fourth-order valence-electron chi connectivity index (χ4n) is 2.43. The first kappa shape index (κ1) is 14.2. The predicted octanol–water partition coefficient (Wildman–Crippen LogP) is 3.09. The molecule has 3 heteroatoms. The molecular formula is C16H27N3. The SMILES string of the molecule is CC(C)(C)NCCNc1cccc(N2CCCC2)c1. The minimum Gasteiger partial charge on any atom is -0.384 e. The molecule has 106 valence electrons. The molecule has 19 heavy (non-hydrogen) atoms. The molecule has 0 spiro atoms. The van der Waals surface area contributed by atoms with E-state index < -0.39 is 0 Å². The summed E-state index contributed by atoms with van der Waals surface area (Å²) in [5.74, 6) is 0. The number of hydrogen-bond acceptors (Lipinski definition) is 3. The van der Waals surface area contributed by atoms with E-state index in [-0.39, 0.29) is 5.54 Å². The molecule has 1 fully saturated rings. The van der Waals surface area contributed by atoms with Crippen LogP contribution in [0.1, 0.15) is 33.6 Å². The average molecular weight is 261 g/mol. The molecule has 1 aliphatic heterocycles. The molecule has 0 aromatic heterocycles. The summed E-state index contributed by atoms with van der Waals surface area (Å²) >= 11 is 0. The zero-order valence-electron chi connectivity index (χ0n) is 12.5. The van der Waals surface area contributed by atoms with Gasteiger partial charge in [-0.3, -0.25) is 0 Å². The Bertz CT molecular complexity index is 389. The Kier molecular flexibility index (Phi) is 4.70. The maximum absolute atomic E-state index is 3.49. The van der Waals surface area contributed by atoms with E-state index in [2.05, 4.69) is 60.6 Å². The molecule has 2 rings (SSSR count). The van der Waals surface area contributed by atoms with E-state index in [9.17, 15) is 0 Å². The molecule has 0 radical (unpaired) electrons. The van der Waals surface area contributed by atoms with Crippen molar-refractivity contribution in [3.63, 3.8) is 0 Å². The van der Waals surface area contributed by atoms with Gasteiger partial charge in [0.25, 0.3) is 0 Å². The monoisotopic (exact) mass is 261 g/mol. The minimum atomic E-state index is 0.194. The lowest BCUT2D eigenvalue weighted by molar-refractivity contribution is 0.435. The molecule has 1 heterocycles. The Morgan fingerprint density at radius 1 is 1.11 bits per heavy atom. The Labute approximate surface area is 117 Å². The summed E-state index contributed by atoms with van der Waals surface area (Å²) in [5.41, 5.74) is 2.77. The summed E-state index contributed by atoms with van der Waals surface area (Å²) in [6.45, 7) is 10.9. The van der Waals surface area contributed by atoms with Gasteiger partial charge in [-0.2, -0.15) is 0 Å². The lowest BCUT2D eigenvalue weighted by atomic mass is 10.1. The van der Waals surface area contributed by atoms with Gasteiger partial charge in [-0.1, -0.05) is 6.07 Å². The number of nitrogens with one attached hydrogen (secondary N) is 2. The average Bonchev–Trinajstić information content (AvgIpc) is 2.88. The Morgan fingerprint density at radius 3 is 2.53 bits per heavy atom. The van der Waals surface area contributed by atoms with Crippen molar-refractivity contribution in [3.8, 4) is 0 Å². The second-order valence-corrected chi connectivity index (χ2v) is 6.35. The van der Waals surface area contributed by atoms with E-state index in [0.717, 1.165) is 13.1 Å². The number of rotatable bonds is 5. The standard InChI is InChI=1S/C16H27N3/c1-16(2,3)18-10-9-17-14-7-6-8-15(13-14)19-11-4-5-12-19/h6-8,13,17-18H,4-5,9-12H2,1-3H3. The third kappa shape index (κ3) is 4.75. The highest BCUT2D eigenvalue weighted by atomic mass is 15.1. The van der Waals surface area contributed by atoms with E-state index in [1.165, 1.54) is 37.3 Å². The molecule has 0 amide bonds. The topological polar surface area (TPSA) is 27.3 Å². The Hall–Kier alpha value is -1.22. The van der Waals surface area contributed by atoms with Crippen LogP contribution in [0, 0.1) is 0 Å². The summed E-state index contributed by atoms with van der Waals surface area (Å²) in [5, 5.41) is 6.98. The van der Waals surface area contributed by atoms with Crippen molar-refractivity contribution < 1.29 is 0 Å². The van der Waals surface area contributed by atoms with E-state index >= 15 is 0 Å². The van der Waals surface area contributed by atoms with Gasteiger partial charge < -0.3 is 15.5 Å². The number of benzene rings is 1. The Balaban J connectivity index is 1.82. The van der Waals surface area contributed by atoms with Crippen LogP contribution in [0.5, 0.6) is 0 Å². The van der Waals surface area contributed by atoms with E-state index in [4.69, 9.17) is 0 Å². The molecular weight excluding hydrogens is 234 g/mol. The molecule has 3 nitrogen and oxygen atoms in total. The van der Waals surface area contributed by atoms with Crippen molar-refractivity contribution in [2.45, 2.75) is 39.2 Å². The van der Waals surface area contributed by atoms with Crippen LogP contribution in [-0.2, 0) is 0 Å². The first-order chi connectivity index (χ1) is 9.04. The summed E-state index contributed by atoms with van der Waals surface area (Å²) in [7, 11) is 0. The van der Waals surface area contributed by atoms with Crippen molar-refractivity contribution >= 4 is 11.4 Å². The van der Waals surface area contributed by atoms with Gasteiger partial charge in [-0.15, -0.1) is 0 Å². The number of nitrogens with zero attached hydrogens (tertiary/aromatic N) is 1. The molecule has 0 atom stereocenters. The molecule has 0 bridgehead atoms. The van der Waals surface area contributed by atoms with Gasteiger partial charge in [-0.05, 0) is 51.8 Å². The molecule has 0 saturated carbocycles. The highest BCUT2D eigenvalue weighted by Crippen LogP contribution is 2.23. The smallest absolute Gasteiger partial charge is 0.0386 e. The first-order valence-electron chi connectivity index (χ1n) is 7.38. The lowest BCUT2D eigenvalue weighted by Gasteiger charge is -2.21. The van der Waals surface area contributed by atoms with Crippen LogP contribution >= 0.6 is 0 Å². The highest BCUT2D eigenvalue weighted by molar-refractivity contribution is 5.58. The third-order valence-electron chi connectivity index (χ3n) is 3.43. The van der Waals surface area contributed by atoms with Crippen molar-refractivity contribution in [2.75, 3.05) is 36.4 Å². The van der Waals surface area contributed by atoms with Gasteiger partial charge in [0.1, 0.15) is 0 Å². The second-order valence-electron chi connectivity index (χ2n) is 6.35. The Morgan fingerprint density at radius 2 is 1.84 bits per heavy atom. The first-order valence-corrected chi connectivity index (χ1v) is 7.38. The quantitative estimate of drug-likeness (QED) is 0.798. The number of hydrogen-bond donors (Lipinski definition) is 2. The summed E-state index contributed by atoms with van der Waals surface area (Å²) in [4.78, 5) is 2.47. The van der Waals surface area contributed by atoms with E-state index in [1.807, 2.05) is 0 Å². The van der Waals surface area contributed by atoms with E-state index in [0.29, 0.717) is 0 Å². The van der Waals surface area contributed by atoms with Crippen LogP contribution in [0.3, 0.4) is 0 Å². The van der Waals surface area contributed by atoms with Crippen LogP contribution < -0.4 is 15.5 Å². The van der Waals surface area contributed by atoms with Crippen molar-refractivity contribution in [3.05, 3.63) is 24.3 Å². The molecule has 1 saturated heterocycles. The fourth-order valence-corrected chi connectivity index (χ4v) is 2.43. The van der Waals surface area contributed by atoms with E-state index in [1.54, 1.807) is 0 Å². The molecule has 0 aliphatic carbocycles. The predicted molar refractivity (Wildman–Crippen MR) is 84.1 cm³/mol. The van der Waals surface area contributed by atoms with Crippen LogP contribution in [0.4, 0.5) is 11.4 Å². The van der Waals surface area contributed by atoms with Crippen LogP contribution in [0.2, 0.25) is 0 Å². The van der Waals surface area contributed by atoms with Gasteiger partial charge in [0.05, 0.1) is 0 Å². The normalized spacial score (nSPS) is 15.8. The zero-order chi connectivity index (χ0) is 13.7. The van der Waals surface area contributed by atoms with Crippen molar-refractivity contribution in [1.29, 1.82) is 0 Å². The maximum Gasteiger partial charge on any atom is 0.0386 e. The molecule has 0 unspecified atom stereocenters. The van der Waals surface area contributed by atoms with Gasteiger partial charge in [0, 0.05) is 43.1 Å². The van der Waals surface area contributed by atoms with Gasteiger partial charge in [-0.25, -0.2) is 0 Å². The zero-order valence-corrected chi connectivity index (χ0v) is 12.5. The van der Waals surface area contributed by atoms with Gasteiger partial charge >= 0.3 is 0 Å². The molecule has 1 aromatic rings. The summed E-state index contributed by atoms with van der Waals surface area (Å²) in [6, 6.07) is 8.77. The molecule has 1 aromatic carbocycles. The highest BCUT2D eigenvalue weighted by Gasteiger charge is 2.12. The second kappa shape index (κ2) is 6.29.